The van der Waals surface area contributed by atoms with Crippen molar-refractivity contribution < 1.29 is 4.79 Å². The molecule has 24 heavy (non-hydrogen) atoms. The van der Waals surface area contributed by atoms with E-state index in [-0.39, 0.29) is 11.9 Å². The Kier molecular flexibility index (Phi) is 5.14. The van der Waals surface area contributed by atoms with Crippen LogP contribution in [0.4, 0.5) is 5.69 Å². The number of likely N-dealkylation sites (N-methyl/N-ethyl adjacent to an activating group) is 1. The van der Waals surface area contributed by atoms with Crippen LogP contribution in [0.2, 0.25) is 0 Å². The highest BCUT2D eigenvalue weighted by atomic mass is 16.2. The van der Waals surface area contributed by atoms with Gasteiger partial charge in [0, 0.05) is 50.2 Å². The molecule has 0 unspecified atom stereocenters. The van der Waals surface area contributed by atoms with E-state index in [1.165, 1.54) is 11.3 Å². The van der Waals surface area contributed by atoms with Crippen molar-refractivity contribution in [1.29, 1.82) is 0 Å². The monoisotopic (exact) mass is 323 g/mol. The van der Waals surface area contributed by atoms with E-state index in [1.54, 1.807) is 6.20 Å². The zero-order valence-corrected chi connectivity index (χ0v) is 14.5. The highest BCUT2D eigenvalue weighted by Gasteiger charge is 2.26. The molecule has 126 valence electrons. The molecule has 1 amide bonds. The third-order valence-corrected chi connectivity index (χ3v) is 4.68. The number of rotatable bonds is 4. The summed E-state index contributed by atoms with van der Waals surface area (Å²) in [6.45, 7) is 3.70. The van der Waals surface area contributed by atoms with E-state index in [1.807, 2.05) is 29.2 Å². The first kappa shape index (κ1) is 16.5. The number of aryl methyl sites for hydroxylation is 1. The number of pyridine rings is 1. The Balaban J connectivity index is 1.63. The zero-order valence-electron chi connectivity index (χ0n) is 14.5. The predicted octanol–water partition coefficient (Wildman–Crippen LogP) is 3.27. The van der Waals surface area contributed by atoms with Crippen LogP contribution < -0.4 is 4.90 Å². The summed E-state index contributed by atoms with van der Waals surface area (Å²) >= 11 is 0. The number of amides is 1. The lowest BCUT2D eigenvalue weighted by Gasteiger charge is -2.28. The van der Waals surface area contributed by atoms with Crippen molar-refractivity contribution in [2.24, 2.45) is 0 Å². The first-order valence-electron chi connectivity index (χ1n) is 8.63. The van der Waals surface area contributed by atoms with Crippen LogP contribution in [0.5, 0.6) is 0 Å². The maximum absolute atomic E-state index is 12.8. The quantitative estimate of drug-likeness (QED) is 0.866. The maximum atomic E-state index is 12.8. The Morgan fingerprint density at radius 1 is 1.21 bits per heavy atom. The SMILES string of the molecule is C[C@H]1CN(C)c2ccccc2CN1C(=O)CCCc1ccccn1. The molecule has 0 spiro atoms. The zero-order chi connectivity index (χ0) is 16.9. The van der Waals surface area contributed by atoms with Gasteiger partial charge in [-0.3, -0.25) is 9.78 Å². The standard InChI is InChI=1S/C20H25N3O/c1-16-14-22(2)19-11-4-3-8-17(19)15-23(16)20(24)12-7-10-18-9-5-6-13-21-18/h3-6,8-9,11,13,16H,7,10,12,14-15H2,1-2H3/t16-/m0/s1. The molecule has 0 saturated heterocycles. The molecule has 3 rings (SSSR count). The molecular weight excluding hydrogens is 298 g/mol. The largest absolute Gasteiger partial charge is 0.372 e. The van der Waals surface area contributed by atoms with Crippen molar-refractivity contribution in [3.63, 3.8) is 0 Å². The molecule has 0 saturated carbocycles. The minimum Gasteiger partial charge on any atom is -0.372 e. The molecule has 0 N–H and O–H groups in total. The fourth-order valence-corrected chi connectivity index (χ4v) is 3.39. The van der Waals surface area contributed by atoms with Gasteiger partial charge in [-0.15, -0.1) is 0 Å². The number of nitrogens with zero attached hydrogens (tertiary/aromatic N) is 3. The summed E-state index contributed by atoms with van der Waals surface area (Å²) in [6.07, 6.45) is 4.08. The number of benzene rings is 1. The van der Waals surface area contributed by atoms with E-state index < -0.39 is 0 Å². The van der Waals surface area contributed by atoms with E-state index in [9.17, 15) is 4.79 Å². The number of aromatic nitrogens is 1. The van der Waals surface area contributed by atoms with Gasteiger partial charge in [0.2, 0.25) is 5.91 Å². The molecule has 0 radical (unpaired) electrons. The van der Waals surface area contributed by atoms with Crippen molar-refractivity contribution in [3.8, 4) is 0 Å². The van der Waals surface area contributed by atoms with Crippen LogP contribution in [0.25, 0.3) is 0 Å². The molecule has 0 aliphatic carbocycles. The second-order valence-corrected chi connectivity index (χ2v) is 6.55. The molecule has 0 fully saturated rings. The lowest BCUT2D eigenvalue weighted by Crippen LogP contribution is -2.41. The van der Waals surface area contributed by atoms with Gasteiger partial charge in [0.05, 0.1) is 0 Å². The molecule has 2 heterocycles. The van der Waals surface area contributed by atoms with Gasteiger partial charge < -0.3 is 9.80 Å². The Morgan fingerprint density at radius 3 is 2.79 bits per heavy atom. The second kappa shape index (κ2) is 7.47. The summed E-state index contributed by atoms with van der Waals surface area (Å²) in [7, 11) is 2.10. The van der Waals surface area contributed by atoms with Gasteiger partial charge in [-0.1, -0.05) is 24.3 Å². The Labute approximate surface area is 144 Å². The molecule has 1 aliphatic rings. The van der Waals surface area contributed by atoms with Crippen molar-refractivity contribution in [2.45, 2.75) is 38.8 Å². The average molecular weight is 323 g/mol. The lowest BCUT2D eigenvalue weighted by molar-refractivity contribution is -0.133. The predicted molar refractivity (Wildman–Crippen MR) is 96.9 cm³/mol. The summed E-state index contributed by atoms with van der Waals surface area (Å²) in [5.41, 5.74) is 3.51. The number of para-hydroxylation sites is 1. The molecule has 1 atom stereocenters. The van der Waals surface area contributed by atoms with Crippen molar-refractivity contribution in [1.82, 2.24) is 9.88 Å². The van der Waals surface area contributed by atoms with Crippen LogP contribution in [0.15, 0.2) is 48.7 Å². The Bertz CT molecular complexity index is 686. The smallest absolute Gasteiger partial charge is 0.223 e. The molecule has 1 aliphatic heterocycles. The van der Waals surface area contributed by atoms with Gasteiger partial charge in [-0.2, -0.15) is 0 Å². The number of anilines is 1. The Hall–Kier alpha value is -2.36. The van der Waals surface area contributed by atoms with Crippen molar-refractivity contribution in [2.75, 3.05) is 18.5 Å². The van der Waals surface area contributed by atoms with E-state index in [2.05, 4.69) is 42.1 Å². The number of hydrogen-bond acceptors (Lipinski definition) is 3. The van der Waals surface area contributed by atoms with E-state index in [4.69, 9.17) is 0 Å². The topological polar surface area (TPSA) is 36.4 Å². The molecule has 1 aromatic heterocycles. The van der Waals surface area contributed by atoms with Crippen molar-refractivity contribution in [3.05, 3.63) is 59.9 Å². The maximum Gasteiger partial charge on any atom is 0.223 e. The molecule has 4 heteroatoms. The van der Waals surface area contributed by atoms with Crippen LogP contribution in [0, 0.1) is 0 Å². The summed E-state index contributed by atoms with van der Waals surface area (Å²) in [5.74, 6) is 0.239. The lowest BCUT2D eigenvalue weighted by atomic mass is 10.1. The molecule has 1 aromatic carbocycles. The van der Waals surface area contributed by atoms with Crippen LogP contribution in [0.3, 0.4) is 0 Å². The molecule has 0 bridgehead atoms. The van der Waals surface area contributed by atoms with E-state index in [0.717, 1.165) is 25.1 Å². The van der Waals surface area contributed by atoms with E-state index in [0.29, 0.717) is 13.0 Å². The molecular formula is C20H25N3O. The van der Waals surface area contributed by atoms with Crippen molar-refractivity contribution >= 4 is 11.6 Å². The number of carbonyl (C=O) groups excluding carboxylic acids is 1. The minimum atomic E-state index is 0.213. The fourth-order valence-electron chi connectivity index (χ4n) is 3.39. The first-order chi connectivity index (χ1) is 11.6. The summed E-state index contributed by atoms with van der Waals surface area (Å²) in [5, 5.41) is 0. The van der Waals surface area contributed by atoms with Gasteiger partial charge in [0.25, 0.3) is 0 Å². The highest BCUT2D eigenvalue weighted by molar-refractivity contribution is 5.77. The summed E-state index contributed by atoms with van der Waals surface area (Å²) in [6, 6.07) is 14.5. The molecule has 4 nitrogen and oxygen atoms in total. The number of carbonyl (C=O) groups is 1. The van der Waals surface area contributed by atoms with Crippen LogP contribution >= 0.6 is 0 Å². The van der Waals surface area contributed by atoms with Gasteiger partial charge in [-0.25, -0.2) is 0 Å². The minimum absolute atomic E-state index is 0.213. The third kappa shape index (κ3) is 3.75. The van der Waals surface area contributed by atoms with Crippen LogP contribution in [0.1, 0.15) is 31.0 Å². The number of hydrogen-bond donors (Lipinski definition) is 0. The summed E-state index contributed by atoms with van der Waals surface area (Å²) in [4.78, 5) is 21.4. The second-order valence-electron chi connectivity index (χ2n) is 6.55. The number of fused-ring (bicyclic) bond motifs is 1. The first-order valence-corrected chi connectivity index (χ1v) is 8.63. The van der Waals surface area contributed by atoms with E-state index >= 15 is 0 Å². The normalized spacial score (nSPS) is 17.3. The average Bonchev–Trinajstić information content (AvgIpc) is 2.72. The fraction of sp³-hybridized carbons (Fsp3) is 0.400. The third-order valence-electron chi connectivity index (χ3n) is 4.68. The van der Waals surface area contributed by atoms with Crippen LogP contribution in [-0.4, -0.2) is 35.4 Å². The Morgan fingerprint density at radius 2 is 2.00 bits per heavy atom. The highest BCUT2D eigenvalue weighted by Crippen LogP contribution is 2.26. The van der Waals surface area contributed by atoms with Gasteiger partial charge >= 0.3 is 0 Å². The van der Waals surface area contributed by atoms with Crippen LogP contribution in [-0.2, 0) is 17.8 Å². The van der Waals surface area contributed by atoms with Gasteiger partial charge in [-0.05, 0) is 43.5 Å². The van der Waals surface area contributed by atoms with Gasteiger partial charge in [0.15, 0.2) is 0 Å². The summed E-state index contributed by atoms with van der Waals surface area (Å²) < 4.78 is 0. The molecule has 2 aromatic rings. The van der Waals surface area contributed by atoms with Gasteiger partial charge in [0.1, 0.15) is 0 Å².